The molecule has 18 heavy (non-hydrogen) atoms. The van der Waals surface area contributed by atoms with Crippen molar-refractivity contribution in [2.24, 2.45) is 0 Å². The number of esters is 1. The number of benzene rings is 1. The lowest BCUT2D eigenvalue weighted by molar-refractivity contribution is -0.161. The zero-order valence-corrected chi connectivity index (χ0v) is 10.3. The number of phenols is 1. The number of rotatable bonds is 5. The molecule has 0 bridgehead atoms. The summed E-state index contributed by atoms with van der Waals surface area (Å²) in [5.74, 6) is -2.03. The fourth-order valence-electron chi connectivity index (χ4n) is 1.83. The van der Waals surface area contributed by atoms with Gasteiger partial charge in [-0.3, -0.25) is 9.59 Å². The lowest BCUT2D eigenvalue weighted by Crippen LogP contribution is -2.44. The van der Waals surface area contributed by atoms with Crippen LogP contribution in [0.4, 0.5) is 0 Å². The quantitative estimate of drug-likeness (QED) is 0.615. The predicted molar refractivity (Wildman–Crippen MR) is 64.3 cm³/mol. The highest BCUT2D eigenvalue weighted by Crippen LogP contribution is 2.31. The topological polar surface area (TPSA) is 83.8 Å². The number of aromatic hydroxyl groups is 1. The Hall–Kier alpha value is -2.04. The second-order valence-electron chi connectivity index (χ2n) is 3.83. The van der Waals surface area contributed by atoms with E-state index in [-0.39, 0.29) is 18.8 Å². The summed E-state index contributed by atoms with van der Waals surface area (Å²) in [5, 5.41) is 18.6. The number of carboxylic acid groups (broad SMARTS) is 1. The van der Waals surface area contributed by atoms with E-state index in [0.717, 1.165) is 0 Å². The van der Waals surface area contributed by atoms with Crippen molar-refractivity contribution in [2.75, 3.05) is 6.61 Å². The lowest BCUT2D eigenvalue weighted by atomic mass is 9.78. The van der Waals surface area contributed by atoms with Crippen LogP contribution in [0.1, 0.15) is 25.8 Å². The van der Waals surface area contributed by atoms with E-state index in [4.69, 9.17) is 4.74 Å². The van der Waals surface area contributed by atoms with Gasteiger partial charge in [-0.15, -0.1) is 0 Å². The van der Waals surface area contributed by atoms with Crippen LogP contribution in [0, 0.1) is 0 Å². The van der Waals surface area contributed by atoms with Gasteiger partial charge in [0.1, 0.15) is 5.75 Å². The molecule has 0 amide bonds. The Labute approximate surface area is 105 Å². The number of carboxylic acids is 1. The maximum Gasteiger partial charge on any atom is 0.328 e. The standard InChI is InChI=1S/C13H16O5/c1-3-13(11(15)16,12(17)18-4-2)9-5-7-10(14)8-6-9/h5-8,14H,3-4H2,1-2H3,(H,15,16). The summed E-state index contributed by atoms with van der Waals surface area (Å²) in [6, 6.07) is 5.54. The van der Waals surface area contributed by atoms with E-state index >= 15 is 0 Å². The lowest BCUT2D eigenvalue weighted by Gasteiger charge is -2.26. The van der Waals surface area contributed by atoms with Crippen LogP contribution in [0.15, 0.2) is 24.3 Å². The van der Waals surface area contributed by atoms with E-state index in [1.54, 1.807) is 13.8 Å². The molecule has 0 aliphatic carbocycles. The SMILES string of the molecule is CCOC(=O)C(CC)(C(=O)O)c1ccc(O)cc1. The number of aliphatic carboxylic acids is 1. The first-order chi connectivity index (χ1) is 8.48. The third-order valence-corrected chi connectivity index (χ3v) is 2.88. The summed E-state index contributed by atoms with van der Waals surface area (Å²) in [4.78, 5) is 23.4. The molecule has 0 radical (unpaired) electrons. The van der Waals surface area contributed by atoms with Crippen molar-refractivity contribution in [3.8, 4) is 5.75 Å². The normalized spacial score (nSPS) is 13.7. The van der Waals surface area contributed by atoms with E-state index in [1.807, 2.05) is 0 Å². The Balaban J connectivity index is 3.31. The van der Waals surface area contributed by atoms with Gasteiger partial charge < -0.3 is 14.9 Å². The van der Waals surface area contributed by atoms with Crippen LogP contribution in [-0.2, 0) is 19.7 Å². The molecule has 0 fully saturated rings. The highest BCUT2D eigenvalue weighted by Gasteiger charge is 2.47. The molecule has 5 heteroatoms. The monoisotopic (exact) mass is 252 g/mol. The zero-order chi connectivity index (χ0) is 13.8. The molecule has 0 aromatic heterocycles. The second kappa shape index (κ2) is 5.53. The largest absolute Gasteiger partial charge is 0.508 e. The molecule has 1 atom stereocenters. The van der Waals surface area contributed by atoms with E-state index in [2.05, 4.69) is 0 Å². The molecule has 0 saturated carbocycles. The van der Waals surface area contributed by atoms with E-state index < -0.39 is 17.4 Å². The first-order valence-corrected chi connectivity index (χ1v) is 5.69. The third-order valence-electron chi connectivity index (χ3n) is 2.88. The average Bonchev–Trinajstić information content (AvgIpc) is 2.33. The number of phenolic OH excluding ortho intramolecular Hbond substituents is 1. The molecule has 5 nitrogen and oxygen atoms in total. The summed E-state index contributed by atoms with van der Waals surface area (Å²) in [6.07, 6.45) is 0.0753. The van der Waals surface area contributed by atoms with Crippen molar-refractivity contribution in [3.05, 3.63) is 29.8 Å². The van der Waals surface area contributed by atoms with Gasteiger partial charge >= 0.3 is 11.9 Å². The van der Waals surface area contributed by atoms with E-state index in [9.17, 15) is 19.8 Å². The molecule has 0 saturated heterocycles. The van der Waals surface area contributed by atoms with Gasteiger partial charge in [0.15, 0.2) is 5.41 Å². The van der Waals surface area contributed by atoms with Crippen LogP contribution < -0.4 is 0 Å². The number of carbonyl (C=O) groups excluding carboxylic acids is 1. The number of ether oxygens (including phenoxy) is 1. The Kier molecular flexibility index (Phi) is 4.31. The van der Waals surface area contributed by atoms with Crippen LogP contribution in [0.25, 0.3) is 0 Å². The molecule has 1 unspecified atom stereocenters. The molecule has 0 heterocycles. The van der Waals surface area contributed by atoms with Crippen molar-refractivity contribution in [3.63, 3.8) is 0 Å². The minimum Gasteiger partial charge on any atom is -0.508 e. The summed E-state index contributed by atoms with van der Waals surface area (Å²) in [5.41, 5.74) is -1.42. The van der Waals surface area contributed by atoms with Gasteiger partial charge in [0.05, 0.1) is 6.61 Å². The van der Waals surface area contributed by atoms with Crippen LogP contribution in [0.3, 0.4) is 0 Å². The fraction of sp³-hybridized carbons (Fsp3) is 0.385. The minimum atomic E-state index is -1.72. The van der Waals surface area contributed by atoms with Gasteiger partial charge in [0, 0.05) is 0 Å². The molecule has 0 aliphatic heterocycles. The first-order valence-electron chi connectivity index (χ1n) is 5.69. The van der Waals surface area contributed by atoms with Gasteiger partial charge in [-0.2, -0.15) is 0 Å². The summed E-state index contributed by atoms with van der Waals surface area (Å²) in [7, 11) is 0. The molecule has 2 N–H and O–H groups in total. The summed E-state index contributed by atoms with van der Waals surface area (Å²) < 4.78 is 4.86. The highest BCUT2D eigenvalue weighted by molar-refractivity contribution is 6.05. The van der Waals surface area contributed by atoms with Gasteiger partial charge in [-0.25, -0.2) is 0 Å². The second-order valence-corrected chi connectivity index (χ2v) is 3.83. The van der Waals surface area contributed by atoms with Crippen LogP contribution in [0.5, 0.6) is 5.75 Å². The average molecular weight is 252 g/mol. The van der Waals surface area contributed by atoms with Crippen LogP contribution >= 0.6 is 0 Å². The maximum atomic E-state index is 12.0. The maximum absolute atomic E-state index is 12.0. The molecule has 0 aliphatic rings. The van der Waals surface area contributed by atoms with Crippen molar-refractivity contribution < 1.29 is 24.5 Å². The smallest absolute Gasteiger partial charge is 0.328 e. The third kappa shape index (κ3) is 2.30. The molecule has 1 aromatic rings. The molecular formula is C13H16O5. The van der Waals surface area contributed by atoms with Crippen LogP contribution in [0.2, 0.25) is 0 Å². The van der Waals surface area contributed by atoms with Crippen molar-refractivity contribution in [2.45, 2.75) is 25.7 Å². The Bertz CT molecular complexity index is 437. The van der Waals surface area contributed by atoms with E-state index in [1.165, 1.54) is 24.3 Å². The number of carbonyl (C=O) groups is 2. The molecule has 98 valence electrons. The fourth-order valence-corrected chi connectivity index (χ4v) is 1.83. The minimum absolute atomic E-state index is 0.0120. The summed E-state index contributed by atoms with van der Waals surface area (Å²) in [6.45, 7) is 3.35. The van der Waals surface area contributed by atoms with Gasteiger partial charge in [-0.1, -0.05) is 19.1 Å². The van der Waals surface area contributed by atoms with Crippen molar-refractivity contribution >= 4 is 11.9 Å². The number of hydrogen-bond donors (Lipinski definition) is 2. The summed E-state index contributed by atoms with van der Waals surface area (Å²) >= 11 is 0. The molecule has 1 rings (SSSR count). The van der Waals surface area contributed by atoms with Crippen molar-refractivity contribution in [1.82, 2.24) is 0 Å². The molecular weight excluding hydrogens is 236 g/mol. The number of hydrogen-bond acceptors (Lipinski definition) is 4. The first kappa shape index (κ1) is 14.0. The molecule has 0 spiro atoms. The Morgan fingerprint density at radius 3 is 2.17 bits per heavy atom. The van der Waals surface area contributed by atoms with Gasteiger partial charge in [0.25, 0.3) is 0 Å². The Morgan fingerprint density at radius 1 is 1.22 bits per heavy atom. The van der Waals surface area contributed by atoms with Gasteiger partial charge in [0.2, 0.25) is 0 Å². The highest BCUT2D eigenvalue weighted by atomic mass is 16.5. The Morgan fingerprint density at radius 2 is 1.78 bits per heavy atom. The van der Waals surface area contributed by atoms with Crippen LogP contribution in [-0.4, -0.2) is 28.8 Å². The predicted octanol–water partition coefficient (Wildman–Crippen LogP) is 1.69. The van der Waals surface area contributed by atoms with E-state index in [0.29, 0.717) is 5.56 Å². The zero-order valence-electron chi connectivity index (χ0n) is 10.3. The van der Waals surface area contributed by atoms with Gasteiger partial charge in [-0.05, 0) is 31.0 Å². The molecule has 1 aromatic carbocycles. The van der Waals surface area contributed by atoms with Crippen molar-refractivity contribution in [1.29, 1.82) is 0 Å².